The lowest BCUT2D eigenvalue weighted by Gasteiger charge is -2.35. The van der Waals surface area contributed by atoms with Gasteiger partial charge < -0.3 is 15.0 Å². The maximum Gasteiger partial charge on any atom is 0.410 e. The Balaban J connectivity index is 1.83. The average Bonchev–Trinajstić information content (AvgIpc) is 2.47. The van der Waals surface area contributed by atoms with Crippen LogP contribution in [0.15, 0.2) is 24.3 Å². The largest absolute Gasteiger partial charge is 0.444 e. The van der Waals surface area contributed by atoms with Crippen molar-refractivity contribution in [3.8, 4) is 0 Å². The third-order valence-corrected chi connectivity index (χ3v) is 3.80. The molecule has 0 aliphatic carbocycles. The van der Waals surface area contributed by atoms with Gasteiger partial charge in [0.1, 0.15) is 5.60 Å². The lowest BCUT2D eigenvalue weighted by Crippen LogP contribution is -2.49. The Morgan fingerprint density at radius 3 is 2.43 bits per heavy atom. The summed E-state index contributed by atoms with van der Waals surface area (Å²) in [4.78, 5) is 16.3. The fourth-order valence-corrected chi connectivity index (χ4v) is 2.72. The van der Waals surface area contributed by atoms with Crippen LogP contribution >= 0.6 is 0 Å². The molecule has 1 aliphatic heterocycles. The highest BCUT2D eigenvalue weighted by atomic mass is 16.6. The lowest BCUT2D eigenvalue weighted by molar-refractivity contribution is 0.0139. The minimum absolute atomic E-state index is 0.201. The summed E-state index contributed by atoms with van der Waals surface area (Å²) in [6.07, 6.45) is -0.201. The first kappa shape index (κ1) is 17.8. The predicted molar refractivity (Wildman–Crippen MR) is 92.3 cm³/mol. The minimum Gasteiger partial charge on any atom is -0.444 e. The van der Waals surface area contributed by atoms with Crippen LogP contribution in [0.1, 0.15) is 31.9 Å². The molecule has 1 aromatic carbocycles. The van der Waals surface area contributed by atoms with Gasteiger partial charge in [-0.2, -0.15) is 0 Å². The Labute approximate surface area is 139 Å². The van der Waals surface area contributed by atoms with Gasteiger partial charge in [-0.05, 0) is 38.9 Å². The van der Waals surface area contributed by atoms with E-state index in [1.807, 2.05) is 27.8 Å². The molecule has 23 heavy (non-hydrogen) atoms. The van der Waals surface area contributed by atoms with Crippen molar-refractivity contribution < 1.29 is 9.53 Å². The zero-order valence-corrected chi connectivity index (χ0v) is 14.8. The molecule has 0 aromatic heterocycles. The predicted octanol–water partition coefficient (Wildman–Crippen LogP) is 2.46. The van der Waals surface area contributed by atoms with Crippen LogP contribution in [0, 0.1) is 0 Å². The van der Waals surface area contributed by atoms with Crippen LogP contribution in [-0.4, -0.2) is 54.7 Å². The monoisotopic (exact) mass is 319 g/mol. The van der Waals surface area contributed by atoms with E-state index >= 15 is 0 Å². The molecule has 128 valence electrons. The number of carbonyl (C=O) groups excluding carboxylic acids is 1. The van der Waals surface area contributed by atoms with Crippen molar-refractivity contribution in [1.29, 1.82) is 0 Å². The van der Waals surface area contributed by atoms with E-state index in [1.54, 1.807) is 4.90 Å². The topological polar surface area (TPSA) is 44.8 Å². The second-order valence-corrected chi connectivity index (χ2v) is 7.09. The number of hydrogen-bond donors (Lipinski definition) is 1. The van der Waals surface area contributed by atoms with Crippen molar-refractivity contribution in [3.05, 3.63) is 35.4 Å². The number of nitrogens with zero attached hydrogens (tertiary/aromatic N) is 2. The third-order valence-electron chi connectivity index (χ3n) is 3.80. The third kappa shape index (κ3) is 5.84. The van der Waals surface area contributed by atoms with Crippen molar-refractivity contribution in [2.24, 2.45) is 0 Å². The quantitative estimate of drug-likeness (QED) is 0.926. The summed E-state index contributed by atoms with van der Waals surface area (Å²) < 4.78 is 5.43. The second-order valence-electron chi connectivity index (χ2n) is 7.09. The van der Waals surface area contributed by atoms with Crippen LogP contribution in [0.25, 0.3) is 0 Å². The first-order valence-electron chi connectivity index (χ1n) is 8.30. The van der Waals surface area contributed by atoms with E-state index in [-0.39, 0.29) is 6.09 Å². The molecule has 1 aliphatic rings. The Morgan fingerprint density at radius 1 is 1.17 bits per heavy atom. The lowest BCUT2D eigenvalue weighted by atomic mass is 10.1. The van der Waals surface area contributed by atoms with Gasteiger partial charge in [0.2, 0.25) is 0 Å². The summed E-state index contributed by atoms with van der Waals surface area (Å²) in [6.45, 7) is 10.7. The number of ether oxygens (including phenoxy) is 1. The highest BCUT2D eigenvalue weighted by Crippen LogP contribution is 2.14. The minimum atomic E-state index is -0.429. The van der Waals surface area contributed by atoms with Gasteiger partial charge in [0, 0.05) is 39.3 Å². The van der Waals surface area contributed by atoms with E-state index in [2.05, 4.69) is 34.5 Å². The van der Waals surface area contributed by atoms with E-state index in [1.165, 1.54) is 11.1 Å². The van der Waals surface area contributed by atoms with Gasteiger partial charge in [-0.3, -0.25) is 4.90 Å². The maximum absolute atomic E-state index is 12.1. The summed E-state index contributed by atoms with van der Waals surface area (Å²) in [5.74, 6) is 0. The van der Waals surface area contributed by atoms with Crippen LogP contribution in [0.5, 0.6) is 0 Å². The molecule has 0 radical (unpaired) electrons. The molecule has 0 bridgehead atoms. The summed E-state index contributed by atoms with van der Waals surface area (Å²) in [6, 6.07) is 8.66. The Bertz CT molecular complexity index is 517. The van der Waals surface area contributed by atoms with Gasteiger partial charge >= 0.3 is 6.09 Å². The highest BCUT2D eigenvalue weighted by Gasteiger charge is 2.25. The Kier molecular flexibility index (Phi) is 6.02. The van der Waals surface area contributed by atoms with E-state index in [0.29, 0.717) is 0 Å². The first-order chi connectivity index (χ1) is 10.9. The molecule has 5 heteroatoms. The van der Waals surface area contributed by atoms with Gasteiger partial charge in [-0.1, -0.05) is 24.3 Å². The van der Waals surface area contributed by atoms with E-state index < -0.39 is 5.60 Å². The number of benzene rings is 1. The van der Waals surface area contributed by atoms with Crippen molar-refractivity contribution in [3.63, 3.8) is 0 Å². The van der Waals surface area contributed by atoms with E-state index in [4.69, 9.17) is 4.74 Å². The van der Waals surface area contributed by atoms with Crippen molar-refractivity contribution in [1.82, 2.24) is 15.1 Å². The number of carbonyl (C=O) groups is 1. The number of piperazine rings is 1. The van der Waals surface area contributed by atoms with Crippen LogP contribution in [-0.2, 0) is 17.8 Å². The van der Waals surface area contributed by atoms with Gasteiger partial charge in [0.25, 0.3) is 0 Å². The Morgan fingerprint density at radius 2 is 1.83 bits per heavy atom. The van der Waals surface area contributed by atoms with Crippen molar-refractivity contribution in [2.75, 3.05) is 33.2 Å². The summed E-state index contributed by atoms with van der Waals surface area (Å²) in [5, 5.41) is 3.18. The standard InChI is InChI=1S/C18H29N3O2/c1-18(2,3)23-17(22)21-10-8-20(9-11-21)14-16-7-5-6-15(12-16)13-19-4/h5-7,12,19H,8-11,13-14H2,1-4H3. The number of rotatable bonds is 4. The molecule has 1 N–H and O–H groups in total. The van der Waals surface area contributed by atoms with Crippen molar-refractivity contribution >= 4 is 6.09 Å². The van der Waals surface area contributed by atoms with Crippen LogP contribution in [0.2, 0.25) is 0 Å². The molecule has 0 spiro atoms. The average molecular weight is 319 g/mol. The fourth-order valence-electron chi connectivity index (χ4n) is 2.72. The van der Waals surface area contributed by atoms with Gasteiger partial charge in [-0.25, -0.2) is 4.79 Å². The van der Waals surface area contributed by atoms with Crippen LogP contribution in [0.3, 0.4) is 0 Å². The molecule has 2 rings (SSSR count). The second kappa shape index (κ2) is 7.79. The molecule has 0 atom stereocenters. The van der Waals surface area contributed by atoms with Crippen LogP contribution < -0.4 is 5.32 Å². The molecule has 1 amide bonds. The first-order valence-corrected chi connectivity index (χ1v) is 8.30. The normalized spacial score (nSPS) is 16.4. The molecular formula is C18H29N3O2. The summed E-state index contributed by atoms with van der Waals surface area (Å²) in [7, 11) is 1.96. The maximum atomic E-state index is 12.1. The van der Waals surface area contributed by atoms with Crippen molar-refractivity contribution in [2.45, 2.75) is 39.5 Å². The number of nitrogens with one attached hydrogen (secondary N) is 1. The van der Waals surface area contributed by atoms with Crippen LogP contribution in [0.4, 0.5) is 4.79 Å². The molecule has 0 saturated carbocycles. The van der Waals surface area contributed by atoms with E-state index in [0.717, 1.165) is 39.3 Å². The molecule has 1 heterocycles. The van der Waals surface area contributed by atoms with Gasteiger partial charge in [-0.15, -0.1) is 0 Å². The zero-order chi connectivity index (χ0) is 16.9. The summed E-state index contributed by atoms with van der Waals surface area (Å²) in [5.41, 5.74) is 2.20. The molecule has 1 aromatic rings. The molecule has 1 fully saturated rings. The Hall–Kier alpha value is -1.59. The number of amides is 1. The smallest absolute Gasteiger partial charge is 0.410 e. The molecular weight excluding hydrogens is 290 g/mol. The van der Waals surface area contributed by atoms with E-state index in [9.17, 15) is 4.79 Å². The zero-order valence-electron chi connectivity index (χ0n) is 14.8. The summed E-state index contributed by atoms with van der Waals surface area (Å²) >= 11 is 0. The number of hydrogen-bond acceptors (Lipinski definition) is 4. The molecule has 5 nitrogen and oxygen atoms in total. The molecule has 1 saturated heterocycles. The molecule has 0 unspecified atom stereocenters. The SMILES string of the molecule is CNCc1cccc(CN2CCN(C(=O)OC(C)(C)C)CC2)c1. The van der Waals surface area contributed by atoms with Gasteiger partial charge in [0.15, 0.2) is 0 Å². The highest BCUT2D eigenvalue weighted by molar-refractivity contribution is 5.68. The van der Waals surface area contributed by atoms with Gasteiger partial charge in [0.05, 0.1) is 0 Å². The fraction of sp³-hybridized carbons (Fsp3) is 0.611.